The van der Waals surface area contributed by atoms with Crippen molar-refractivity contribution in [3.8, 4) is 0 Å². The van der Waals surface area contributed by atoms with Gasteiger partial charge in [0.25, 0.3) is 0 Å². The van der Waals surface area contributed by atoms with Crippen LogP contribution in [0.2, 0.25) is 0 Å². The van der Waals surface area contributed by atoms with Gasteiger partial charge in [0.1, 0.15) is 17.5 Å². The van der Waals surface area contributed by atoms with Crippen molar-refractivity contribution in [1.29, 1.82) is 0 Å². The summed E-state index contributed by atoms with van der Waals surface area (Å²) in [4.78, 5) is 46.8. The van der Waals surface area contributed by atoms with E-state index < -0.39 is 17.7 Å². The molecule has 1 saturated heterocycles. The minimum atomic E-state index is -0.704. The Labute approximate surface area is 214 Å². The van der Waals surface area contributed by atoms with E-state index >= 15 is 0 Å². The number of hydrogen-bond acceptors (Lipinski definition) is 5. The number of nitrogens with one attached hydrogen (secondary N) is 2. The van der Waals surface area contributed by atoms with Crippen LogP contribution >= 0.6 is 0 Å². The van der Waals surface area contributed by atoms with Crippen molar-refractivity contribution in [1.82, 2.24) is 20.1 Å². The fraction of sp³-hybridized carbons (Fsp3) is 0.704. The smallest absolute Gasteiger partial charge is 0.408 e. The molecular weight excluding hydrogens is 458 g/mol. The normalized spacial score (nSPS) is 24.3. The molecule has 0 unspecified atom stereocenters. The Morgan fingerprint density at radius 3 is 2.50 bits per heavy atom. The highest BCUT2D eigenvalue weighted by atomic mass is 16.6. The van der Waals surface area contributed by atoms with Crippen molar-refractivity contribution in [2.75, 3.05) is 18.9 Å². The highest BCUT2D eigenvalue weighted by Gasteiger charge is 2.51. The first-order valence-electron chi connectivity index (χ1n) is 13.2. The Kier molecular flexibility index (Phi) is 7.48. The molecule has 9 nitrogen and oxygen atoms in total. The van der Waals surface area contributed by atoms with Crippen LogP contribution in [0.1, 0.15) is 78.2 Å². The van der Waals surface area contributed by atoms with E-state index in [9.17, 15) is 14.4 Å². The number of pyridine rings is 1. The van der Waals surface area contributed by atoms with Gasteiger partial charge in [-0.25, -0.2) is 14.6 Å². The quantitative estimate of drug-likeness (QED) is 0.599. The molecule has 36 heavy (non-hydrogen) atoms. The van der Waals surface area contributed by atoms with Crippen LogP contribution in [-0.2, 0) is 16.1 Å². The van der Waals surface area contributed by atoms with E-state index in [4.69, 9.17) is 4.74 Å². The largest absolute Gasteiger partial charge is 0.444 e. The Balaban J connectivity index is 1.43. The molecule has 1 aliphatic heterocycles. The summed E-state index contributed by atoms with van der Waals surface area (Å²) in [5.74, 6) is 0.774. The first-order valence-corrected chi connectivity index (χ1v) is 13.2. The number of likely N-dealkylation sites (N-methyl/N-ethyl adjacent to an activating group) is 1. The first kappa shape index (κ1) is 26.2. The predicted octanol–water partition coefficient (Wildman–Crippen LogP) is 4.53. The molecule has 0 aromatic carbocycles. The summed E-state index contributed by atoms with van der Waals surface area (Å²) in [6, 6.07) is 3.02. The van der Waals surface area contributed by atoms with Gasteiger partial charge in [-0.05, 0) is 82.4 Å². The lowest BCUT2D eigenvalue weighted by Gasteiger charge is -2.42. The molecule has 0 bridgehead atoms. The molecule has 0 radical (unpaired) electrons. The maximum absolute atomic E-state index is 13.4. The maximum atomic E-state index is 13.4. The fourth-order valence-corrected chi connectivity index (χ4v) is 5.66. The van der Waals surface area contributed by atoms with Gasteiger partial charge in [-0.2, -0.15) is 0 Å². The average Bonchev–Trinajstić information content (AvgIpc) is 3.03. The van der Waals surface area contributed by atoms with Crippen LogP contribution in [0.3, 0.4) is 0 Å². The second kappa shape index (κ2) is 10.3. The zero-order valence-corrected chi connectivity index (χ0v) is 22.3. The van der Waals surface area contributed by atoms with Gasteiger partial charge < -0.3 is 25.2 Å². The van der Waals surface area contributed by atoms with Crippen LogP contribution in [-0.4, -0.2) is 63.6 Å². The standard InChI is InChI=1S/C27H41N5O4/c1-18-7-9-20(10-8-18)22(30-24(34)36-26(2,3)4)23(33)29-21-15-19(11-14-28-21)16-32-17-27(12-6-13-27)31(5)25(32)35/h11,14-15,18,20,22H,6-10,12-13,16-17H2,1-5H3,(H,30,34)(H,28,29,33)/t18?,20?,22-/m0/s1. The number of nitrogens with zero attached hydrogens (tertiary/aromatic N) is 3. The molecule has 3 fully saturated rings. The Morgan fingerprint density at radius 1 is 1.22 bits per heavy atom. The fourth-order valence-electron chi connectivity index (χ4n) is 5.66. The SMILES string of the molecule is CC1CCC([C@H](NC(=O)OC(C)(C)C)C(=O)Nc2cc(CN3CC4(CCC4)N(C)C3=O)ccn2)CC1. The topological polar surface area (TPSA) is 104 Å². The van der Waals surface area contributed by atoms with Crippen molar-refractivity contribution in [2.45, 2.75) is 96.4 Å². The molecule has 4 rings (SSSR count). The number of aromatic nitrogens is 1. The summed E-state index contributed by atoms with van der Waals surface area (Å²) >= 11 is 0. The Morgan fingerprint density at radius 2 is 1.92 bits per heavy atom. The lowest BCUT2D eigenvalue weighted by Crippen LogP contribution is -2.50. The first-order chi connectivity index (χ1) is 17.0. The van der Waals surface area contributed by atoms with Gasteiger partial charge in [0.05, 0.1) is 5.54 Å². The highest BCUT2D eigenvalue weighted by Crippen LogP contribution is 2.42. The summed E-state index contributed by atoms with van der Waals surface area (Å²) in [6.07, 6.45) is 8.11. The van der Waals surface area contributed by atoms with Gasteiger partial charge in [0, 0.05) is 26.3 Å². The lowest BCUT2D eigenvalue weighted by atomic mass is 9.76. The maximum Gasteiger partial charge on any atom is 0.408 e. The minimum absolute atomic E-state index is 0.0147. The summed E-state index contributed by atoms with van der Waals surface area (Å²) in [5, 5.41) is 5.73. The minimum Gasteiger partial charge on any atom is -0.444 e. The molecule has 1 aromatic rings. The molecule has 2 aliphatic carbocycles. The van der Waals surface area contributed by atoms with Crippen molar-refractivity contribution in [3.05, 3.63) is 23.9 Å². The molecule has 1 aromatic heterocycles. The molecule has 9 heteroatoms. The molecule has 4 amide bonds. The van der Waals surface area contributed by atoms with E-state index in [0.717, 1.165) is 57.1 Å². The second-order valence-corrected chi connectivity index (χ2v) is 12.0. The Hall–Kier alpha value is -2.84. The molecule has 198 valence electrons. The molecule has 1 atom stereocenters. The van der Waals surface area contributed by atoms with Crippen LogP contribution in [0, 0.1) is 11.8 Å². The van der Waals surface area contributed by atoms with Gasteiger partial charge in [0.2, 0.25) is 5.91 Å². The third-order valence-corrected chi connectivity index (χ3v) is 7.97. The molecule has 2 saturated carbocycles. The summed E-state index contributed by atoms with van der Waals surface area (Å²) in [5.41, 5.74) is 0.238. The number of urea groups is 1. The van der Waals surface area contributed by atoms with Crippen molar-refractivity contribution in [2.24, 2.45) is 11.8 Å². The third-order valence-electron chi connectivity index (χ3n) is 7.97. The molecule has 3 aliphatic rings. The van der Waals surface area contributed by atoms with E-state index in [0.29, 0.717) is 18.3 Å². The van der Waals surface area contributed by atoms with Crippen LogP contribution < -0.4 is 10.6 Å². The summed E-state index contributed by atoms with van der Waals surface area (Å²) in [6.45, 7) is 8.82. The lowest BCUT2D eigenvalue weighted by molar-refractivity contribution is -0.119. The number of carbonyl (C=O) groups excluding carboxylic acids is 3. The molecule has 1 spiro atoms. The van der Waals surface area contributed by atoms with Crippen LogP contribution in [0.5, 0.6) is 0 Å². The van der Waals surface area contributed by atoms with Gasteiger partial charge in [-0.3, -0.25) is 4.79 Å². The zero-order chi connectivity index (χ0) is 26.1. The molecule has 2 heterocycles. The average molecular weight is 500 g/mol. The van der Waals surface area contributed by atoms with Crippen LogP contribution in [0.25, 0.3) is 0 Å². The van der Waals surface area contributed by atoms with Crippen molar-refractivity contribution in [3.63, 3.8) is 0 Å². The zero-order valence-electron chi connectivity index (χ0n) is 22.3. The van der Waals surface area contributed by atoms with Crippen LogP contribution in [0.4, 0.5) is 15.4 Å². The van der Waals surface area contributed by atoms with Crippen molar-refractivity contribution < 1.29 is 19.1 Å². The van der Waals surface area contributed by atoms with E-state index in [1.165, 1.54) is 0 Å². The number of alkyl carbamates (subject to hydrolysis) is 1. The van der Waals surface area contributed by atoms with Gasteiger partial charge in [-0.1, -0.05) is 19.8 Å². The van der Waals surface area contributed by atoms with Gasteiger partial charge >= 0.3 is 12.1 Å². The summed E-state index contributed by atoms with van der Waals surface area (Å²) < 4.78 is 5.44. The predicted molar refractivity (Wildman–Crippen MR) is 137 cm³/mol. The number of ether oxygens (including phenoxy) is 1. The summed E-state index contributed by atoms with van der Waals surface area (Å²) in [7, 11) is 1.89. The second-order valence-electron chi connectivity index (χ2n) is 12.0. The Bertz CT molecular complexity index is 979. The molecule has 2 N–H and O–H groups in total. The van der Waals surface area contributed by atoms with Crippen LogP contribution in [0.15, 0.2) is 18.3 Å². The van der Waals surface area contributed by atoms with Crippen molar-refractivity contribution >= 4 is 23.8 Å². The van der Waals surface area contributed by atoms with E-state index in [-0.39, 0.29) is 23.4 Å². The van der Waals surface area contributed by atoms with E-state index in [2.05, 4.69) is 22.5 Å². The number of hydrogen-bond donors (Lipinski definition) is 2. The monoisotopic (exact) mass is 499 g/mol. The van der Waals surface area contributed by atoms with E-state index in [1.807, 2.05) is 29.0 Å². The van der Waals surface area contributed by atoms with Gasteiger partial charge in [0.15, 0.2) is 0 Å². The number of carbonyl (C=O) groups is 3. The number of anilines is 1. The highest BCUT2D eigenvalue weighted by molar-refractivity contribution is 5.96. The number of rotatable bonds is 6. The number of amides is 4. The third kappa shape index (κ3) is 5.93. The molecular formula is C27H41N5O4. The van der Waals surface area contributed by atoms with E-state index in [1.54, 1.807) is 27.0 Å². The van der Waals surface area contributed by atoms with Gasteiger partial charge in [-0.15, -0.1) is 0 Å².